The molecular weight excluding hydrogens is 403 g/mol. The average molecular weight is 415 g/mol. The summed E-state index contributed by atoms with van der Waals surface area (Å²) in [5.74, 6) is 0.378. The van der Waals surface area contributed by atoms with Gasteiger partial charge in [-0.1, -0.05) is 23.2 Å². The third-order valence-electron chi connectivity index (χ3n) is 3.30. The molecule has 0 aliphatic heterocycles. The maximum absolute atomic E-state index is 12.3. The molecule has 9 nitrogen and oxygen atoms in total. The van der Waals surface area contributed by atoms with Crippen LogP contribution in [0.2, 0.25) is 10.0 Å². The van der Waals surface area contributed by atoms with E-state index in [2.05, 4.69) is 19.9 Å². The number of aromatic nitrogens is 5. The van der Waals surface area contributed by atoms with Crippen LogP contribution in [0.25, 0.3) is 5.82 Å². The largest absolute Gasteiger partial charge is 0.268 e. The molecule has 2 aromatic heterocycles. The fraction of sp³-hybridized carbons (Fsp3) is 0.143. The highest BCUT2D eigenvalue weighted by atomic mass is 35.5. The van der Waals surface area contributed by atoms with Crippen LogP contribution >= 0.6 is 23.2 Å². The van der Waals surface area contributed by atoms with E-state index in [-0.39, 0.29) is 33.6 Å². The molecule has 0 amide bonds. The Labute approximate surface area is 158 Å². The first kappa shape index (κ1) is 18.5. The zero-order chi connectivity index (χ0) is 18.7. The van der Waals surface area contributed by atoms with Crippen LogP contribution < -0.4 is 10.3 Å². The van der Waals surface area contributed by atoms with Gasteiger partial charge in [0.1, 0.15) is 17.6 Å². The Morgan fingerprint density at radius 1 is 1.15 bits per heavy atom. The Balaban J connectivity index is 1.74. The Bertz CT molecular complexity index is 1080. The Kier molecular flexibility index (Phi) is 5.37. The zero-order valence-corrected chi connectivity index (χ0v) is 15.4. The number of benzene rings is 1. The van der Waals surface area contributed by atoms with Gasteiger partial charge in [0.25, 0.3) is 5.56 Å². The Morgan fingerprint density at radius 3 is 2.69 bits per heavy atom. The zero-order valence-electron chi connectivity index (χ0n) is 13.1. The van der Waals surface area contributed by atoms with Crippen LogP contribution in [0.5, 0.6) is 0 Å². The lowest BCUT2D eigenvalue weighted by Crippen LogP contribution is -2.32. The van der Waals surface area contributed by atoms with Gasteiger partial charge in [-0.25, -0.2) is 27.5 Å². The number of sulfonamides is 1. The van der Waals surface area contributed by atoms with Gasteiger partial charge in [-0.2, -0.15) is 5.10 Å². The van der Waals surface area contributed by atoms with E-state index in [1.807, 2.05) is 0 Å². The number of nitrogens with one attached hydrogen (secondary N) is 1. The Hall–Kier alpha value is -2.27. The summed E-state index contributed by atoms with van der Waals surface area (Å²) in [5.41, 5.74) is -0.381. The third kappa shape index (κ3) is 4.10. The molecule has 3 rings (SSSR count). The molecule has 12 heteroatoms. The van der Waals surface area contributed by atoms with E-state index >= 15 is 0 Å². The molecule has 136 valence electrons. The van der Waals surface area contributed by atoms with Gasteiger partial charge in [0, 0.05) is 17.6 Å². The van der Waals surface area contributed by atoms with E-state index in [4.69, 9.17) is 23.2 Å². The smallest absolute Gasteiger partial charge is 0.266 e. The fourth-order valence-corrected chi connectivity index (χ4v) is 3.88. The summed E-state index contributed by atoms with van der Waals surface area (Å²) in [4.78, 5) is 15.6. The van der Waals surface area contributed by atoms with Crippen LogP contribution in [0.1, 0.15) is 0 Å². The molecule has 1 aromatic carbocycles. The van der Waals surface area contributed by atoms with E-state index in [0.717, 1.165) is 4.68 Å². The molecule has 0 fully saturated rings. The number of nitrogens with zero attached hydrogens (tertiary/aromatic N) is 5. The first-order valence-corrected chi connectivity index (χ1v) is 9.48. The first-order valence-electron chi connectivity index (χ1n) is 7.25. The standard InChI is InChI=1S/C14H12Cl2N6O3S/c15-10-1-2-11(16)12(7-10)26(24,25)19-5-6-21-14(23)4-3-13(20-21)22-9-17-8-18-22/h1-4,7-9,19H,5-6H2. The SMILES string of the molecule is O=c1ccc(-n2cncn2)nn1CCNS(=O)(=O)c1cc(Cl)ccc1Cl. The summed E-state index contributed by atoms with van der Waals surface area (Å²) in [6, 6.07) is 6.94. The van der Waals surface area contributed by atoms with Gasteiger partial charge in [-0.05, 0) is 24.3 Å². The second kappa shape index (κ2) is 7.54. The number of halogens is 2. The minimum Gasteiger partial charge on any atom is -0.268 e. The predicted octanol–water partition coefficient (Wildman–Crippen LogP) is 1.11. The maximum Gasteiger partial charge on any atom is 0.266 e. The first-order chi connectivity index (χ1) is 12.4. The van der Waals surface area contributed by atoms with E-state index in [9.17, 15) is 13.2 Å². The fourth-order valence-electron chi connectivity index (χ4n) is 2.09. The third-order valence-corrected chi connectivity index (χ3v) is 5.48. The monoisotopic (exact) mass is 414 g/mol. The molecule has 3 aromatic rings. The van der Waals surface area contributed by atoms with E-state index in [1.54, 1.807) is 0 Å². The van der Waals surface area contributed by atoms with E-state index < -0.39 is 10.0 Å². The minimum atomic E-state index is -3.89. The summed E-state index contributed by atoms with van der Waals surface area (Å²) in [5, 5.41) is 8.34. The van der Waals surface area contributed by atoms with E-state index in [0.29, 0.717) is 5.82 Å². The molecule has 0 saturated heterocycles. The summed E-state index contributed by atoms with van der Waals surface area (Å²) in [6.07, 6.45) is 2.76. The van der Waals surface area contributed by atoms with Crippen LogP contribution in [-0.4, -0.2) is 39.5 Å². The lowest BCUT2D eigenvalue weighted by molar-refractivity contribution is 0.542. The highest BCUT2D eigenvalue weighted by Crippen LogP contribution is 2.24. The van der Waals surface area contributed by atoms with Crippen LogP contribution in [-0.2, 0) is 16.6 Å². The van der Waals surface area contributed by atoms with Crippen molar-refractivity contribution in [2.75, 3.05) is 6.54 Å². The molecule has 26 heavy (non-hydrogen) atoms. The minimum absolute atomic E-state index is 0.0127. The van der Waals surface area contributed by atoms with Gasteiger partial charge >= 0.3 is 0 Å². The van der Waals surface area contributed by atoms with Gasteiger partial charge in [-0.15, -0.1) is 5.10 Å². The number of rotatable bonds is 6. The quantitative estimate of drug-likeness (QED) is 0.646. The van der Waals surface area contributed by atoms with Crippen molar-refractivity contribution >= 4 is 33.2 Å². The lowest BCUT2D eigenvalue weighted by Gasteiger charge is -2.10. The maximum atomic E-state index is 12.3. The highest BCUT2D eigenvalue weighted by Gasteiger charge is 2.18. The second-order valence-corrected chi connectivity index (χ2v) is 7.64. The summed E-state index contributed by atoms with van der Waals surface area (Å²) >= 11 is 11.7. The van der Waals surface area contributed by atoms with Gasteiger partial charge in [0.05, 0.1) is 11.6 Å². The molecule has 0 saturated carbocycles. The van der Waals surface area contributed by atoms with Gasteiger partial charge < -0.3 is 0 Å². The lowest BCUT2D eigenvalue weighted by atomic mass is 10.4. The van der Waals surface area contributed by atoms with Crippen molar-refractivity contribution in [1.82, 2.24) is 29.3 Å². The predicted molar refractivity (Wildman–Crippen MR) is 95.1 cm³/mol. The molecule has 0 aliphatic carbocycles. The van der Waals surface area contributed by atoms with Gasteiger partial charge in [0.2, 0.25) is 10.0 Å². The van der Waals surface area contributed by atoms with Crippen molar-refractivity contribution in [3.05, 3.63) is 63.4 Å². The van der Waals surface area contributed by atoms with Crippen LogP contribution in [0, 0.1) is 0 Å². The van der Waals surface area contributed by atoms with Crippen LogP contribution in [0.3, 0.4) is 0 Å². The van der Waals surface area contributed by atoms with Crippen molar-refractivity contribution < 1.29 is 8.42 Å². The van der Waals surface area contributed by atoms with Crippen molar-refractivity contribution in [2.45, 2.75) is 11.4 Å². The molecule has 0 radical (unpaired) electrons. The molecule has 0 atom stereocenters. The number of hydrogen-bond acceptors (Lipinski definition) is 6. The van der Waals surface area contributed by atoms with Gasteiger partial charge in [0.15, 0.2) is 5.82 Å². The molecule has 2 heterocycles. The van der Waals surface area contributed by atoms with Crippen molar-refractivity contribution in [2.24, 2.45) is 0 Å². The van der Waals surface area contributed by atoms with Crippen molar-refractivity contribution in [1.29, 1.82) is 0 Å². The van der Waals surface area contributed by atoms with Crippen molar-refractivity contribution in [3.63, 3.8) is 0 Å². The summed E-state index contributed by atoms with van der Waals surface area (Å²) in [7, 11) is -3.89. The average Bonchev–Trinajstić information content (AvgIpc) is 3.13. The summed E-state index contributed by atoms with van der Waals surface area (Å²) in [6.45, 7) is -0.0579. The van der Waals surface area contributed by atoms with Gasteiger partial charge in [-0.3, -0.25) is 4.79 Å². The Morgan fingerprint density at radius 2 is 1.96 bits per heavy atom. The van der Waals surface area contributed by atoms with Crippen molar-refractivity contribution in [3.8, 4) is 5.82 Å². The molecule has 0 bridgehead atoms. The van der Waals surface area contributed by atoms with E-state index in [1.165, 1.54) is 47.7 Å². The highest BCUT2D eigenvalue weighted by molar-refractivity contribution is 7.89. The number of hydrogen-bond donors (Lipinski definition) is 1. The molecule has 0 unspecified atom stereocenters. The molecule has 1 N–H and O–H groups in total. The molecule has 0 spiro atoms. The second-order valence-electron chi connectivity index (χ2n) is 5.07. The summed E-state index contributed by atoms with van der Waals surface area (Å²) < 4.78 is 29.6. The van der Waals surface area contributed by atoms with Crippen LogP contribution in [0.4, 0.5) is 0 Å². The molecular formula is C14H12Cl2N6O3S. The molecule has 0 aliphatic rings. The topological polar surface area (TPSA) is 112 Å². The van der Waals surface area contributed by atoms with Crippen LogP contribution in [0.15, 0.2) is 52.7 Å². The normalized spacial score (nSPS) is 11.6.